The molecule has 0 aromatic heterocycles. The number of hydrogen-bond acceptors (Lipinski definition) is 3. The molecule has 1 aliphatic carbocycles. The van der Waals surface area contributed by atoms with Crippen LogP contribution in [0.5, 0.6) is 0 Å². The summed E-state index contributed by atoms with van der Waals surface area (Å²) in [6, 6.07) is 0. The first kappa shape index (κ1) is 15.4. The summed E-state index contributed by atoms with van der Waals surface area (Å²) < 4.78 is 4.95. The minimum absolute atomic E-state index is 0.156. The van der Waals surface area contributed by atoms with Crippen LogP contribution in [-0.4, -0.2) is 22.8 Å². The molecule has 0 aromatic rings. The Morgan fingerprint density at radius 1 is 1.39 bits per heavy atom. The zero-order valence-corrected chi connectivity index (χ0v) is 12.1. The average Bonchev–Trinajstić information content (AvgIpc) is 2.50. The molecule has 104 valence electrons. The van der Waals surface area contributed by atoms with Gasteiger partial charge in [-0.1, -0.05) is 44.6 Å². The highest BCUT2D eigenvalue weighted by atomic mass is 16.7. The molecule has 2 N–H and O–H groups in total. The smallest absolute Gasteiger partial charge is 0.266 e. The molecule has 3 atom stereocenters. The maximum atomic E-state index is 8.77. The Morgan fingerprint density at radius 3 is 2.44 bits per heavy atom. The van der Waals surface area contributed by atoms with Crippen molar-refractivity contribution in [1.29, 1.82) is 0 Å². The SMILES string of the molecule is CC1=CCC(/C=C/C(C)C(C)OC(O)O)C1(C)C. The van der Waals surface area contributed by atoms with E-state index in [1.165, 1.54) is 5.57 Å². The first-order chi connectivity index (χ1) is 8.25. The minimum Gasteiger partial charge on any atom is -0.346 e. The van der Waals surface area contributed by atoms with Gasteiger partial charge in [-0.3, -0.25) is 0 Å². The quantitative estimate of drug-likeness (QED) is 0.586. The van der Waals surface area contributed by atoms with Gasteiger partial charge in [0.1, 0.15) is 0 Å². The van der Waals surface area contributed by atoms with Crippen LogP contribution in [0.25, 0.3) is 0 Å². The molecule has 0 heterocycles. The van der Waals surface area contributed by atoms with Crippen LogP contribution in [0.1, 0.15) is 41.0 Å². The maximum absolute atomic E-state index is 8.77. The fourth-order valence-corrected chi connectivity index (χ4v) is 2.25. The standard InChI is InChI=1S/C15H26O3/c1-10(12(3)18-14(16)17)6-8-13-9-7-11(2)15(13,4)5/h6-8,10,12-14,16-17H,9H2,1-5H3/b8-6+. The molecule has 0 spiro atoms. The fraction of sp³-hybridized carbons (Fsp3) is 0.733. The lowest BCUT2D eigenvalue weighted by Crippen LogP contribution is -2.24. The summed E-state index contributed by atoms with van der Waals surface area (Å²) in [4.78, 5) is 0. The van der Waals surface area contributed by atoms with Crippen molar-refractivity contribution < 1.29 is 14.9 Å². The molecule has 0 aromatic carbocycles. The molecule has 0 fully saturated rings. The third-order valence-corrected chi connectivity index (χ3v) is 4.35. The molecule has 3 nitrogen and oxygen atoms in total. The van der Waals surface area contributed by atoms with Crippen LogP contribution in [0.4, 0.5) is 0 Å². The van der Waals surface area contributed by atoms with Crippen molar-refractivity contribution >= 4 is 0 Å². The third kappa shape index (κ3) is 3.67. The Hall–Kier alpha value is -0.640. The predicted molar refractivity (Wildman–Crippen MR) is 72.7 cm³/mol. The monoisotopic (exact) mass is 254 g/mol. The first-order valence-electron chi connectivity index (χ1n) is 6.62. The highest BCUT2D eigenvalue weighted by Gasteiger charge is 2.33. The second-order valence-corrected chi connectivity index (χ2v) is 5.86. The average molecular weight is 254 g/mol. The van der Waals surface area contributed by atoms with Gasteiger partial charge in [0.15, 0.2) is 0 Å². The normalized spacial score (nSPS) is 26.7. The summed E-state index contributed by atoms with van der Waals surface area (Å²) >= 11 is 0. The van der Waals surface area contributed by atoms with E-state index in [0.29, 0.717) is 5.92 Å². The summed E-state index contributed by atoms with van der Waals surface area (Å²) in [5.74, 6) is 0.676. The molecule has 1 rings (SSSR count). The second kappa shape index (κ2) is 6.00. The van der Waals surface area contributed by atoms with Crippen molar-refractivity contribution in [2.24, 2.45) is 17.3 Å². The van der Waals surface area contributed by atoms with E-state index in [-0.39, 0.29) is 17.4 Å². The van der Waals surface area contributed by atoms with Crippen LogP contribution >= 0.6 is 0 Å². The molecule has 3 unspecified atom stereocenters. The van der Waals surface area contributed by atoms with Crippen LogP contribution in [-0.2, 0) is 4.74 Å². The highest BCUT2D eigenvalue weighted by molar-refractivity contribution is 5.22. The molecule has 0 bridgehead atoms. The number of ether oxygens (including phenoxy) is 1. The van der Waals surface area contributed by atoms with Gasteiger partial charge in [0.25, 0.3) is 6.48 Å². The van der Waals surface area contributed by atoms with Crippen LogP contribution in [0.2, 0.25) is 0 Å². The van der Waals surface area contributed by atoms with Gasteiger partial charge in [-0.25, -0.2) is 0 Å². The van der Waals surface area contributed by atoms with Gasteiger partial charge in [-0.2, -0.15) is 0 Å². The van der Waals surface area contributed by atoms with E-state index in [2.05, 4.69) is 39.0 Å². The van der Waals surface area contributed by atoms with Gasteiger partial charge in [-0.15, -0.1) is 0 Å². The third-order valence-electron chi connectivity index (χ3n) is 4.35. The molecule has 18 heavy (non-hydrogen) atoms. The summed E-state index contributed by atoms with van der Waals surface area (Å²) in [7, 11) is 0. The lowest BCUT2D eigenvalue weighted by molar-refractivity contribution is -0.257. The Kier molecular flexibility index (Phi) is 5.14. The van der Waals surface area contributed by atoms with Crippen molar-refractivity contribution in [3.8, 4) is 0 Å². The van der Waals surface area contributed by atoms with Crippen molar-refractivity contribution in [2.75, 3.05) is 0 Å². The van der Waals surface area contributed by atoms with Crippen molar-refractivity contribution in [2.45, 2.75) is 53.6 Å². The Bertz CT molecular complexity index is 329. The van der Waals surface area contributed by atoms with Gasteiger partial charge in [-0.05, 0) is 31.6 Å². The molecule has 0 saturated heterocycles. The van der Waals surface area contributed by atoms with Crippen LogP contribution in [0, 0.1) is 17.3 Å². The molecule has 1 aliphatic rings. The molecule has 0 radical (unpaired) electrons. The number of aliphatic hydroxyl groups excluding tert-OH is 1. The maximum Gasteiger partial charge on any atom is 0.266 e. The highest BCUT2D eigenvalue weighted by Crippen LogP contribution is 2.43. The van der Waals surface area contributed by atoms with Crippen LogP contribution < -0.4 is 0 Å². The molecule has 3 heteroatoms. The van der Waals surface area contributed by atoms with E-state index < -0.39 is 6.48 Å². The summed E-state index contributed by atoms with van der Waals surface area (Å²) in [6.45, 7) is 8.89. The number of hydrogen-bond donors (Lipinski definition) is 2. The molecule has 0 saturated carbocycles. The number of allylic oxidation sites excluding steroid dienone is 3. The topological polar surface area (TPSA) is 49.7 Å². The van der Waals surface area contributed by atoms with Gasteiger partial charge in [0.2, 0.25) is 0 Å². The molecular formula is C15H26O3. The Balaban J connectivity index is 2.55. The van der Waals surface area contributed by atoms with Gasteiger partial charge in [0, 0.05) is 5.92 Å². The van der Waals surface area contributed by atoms with Crippen molar-refractivity contribution in [3.63, 3.8) is 0 Å². The van der Waals surface area contributed by atoms with E-state index in [4.69, 9.17) is 14.9 Å². The van der Waals surface area contributed by atoms with E-state index in [0.717, 1.165) is 6.42 Å². The Morgan fingerprint density at radius 2 is 2.00 bits per heavy atom. The van der Waals surface area contributed by atoms with Crippen LogP contribution in [0.3, 0.4) is 0 Å². The summed E-state index contributed by atoms with van der Waals surface area (Å²) in [6.07, 6.45) is 7.53. The lowest BCUT2D eigenvalue weighted by Gasteiger charge is -2.28. The number of aliphatic hydroxyl groups is 2. The zero-order chi connectivity index (χ0) is 13.9. The van der Waals surface area contributed by atoms with E-state index in [1.807, 2.05) is 13.8 Å². The van der Waals surface area contributed by atoms with E-state index in [1.54, 1.807) is 0 Å². The second-order valence-electron chi connectivity index (χ2n) is 5.86. The molecule has 0 amide bonds. The lowest BCUT2D eigenvalue weighted by atomic mass is 9.77. The van der Waals surface area contributed by atoms with E-state index in [9.17, 15) is 0 Å². The fourth-order valence-electron chi connectivity index (χ4n) is 2.25. The largest absolute Gasteiger partial charge is 0.346 e. The van der Waals surface area contributed by atoms with Gasteiger partial charge < -0.3 is 14.9 Å². The van der Waals surface area contributed by atoms with Crippen molar-refractivity contribution in [3.05, 3.63) is 23.8 Å². The predicted octanol–water partition coefficient (Wildman–Crippen LogP) is 2.84. The Labute approximate surface area is 110 Å². The van der Waals surface area contributed by atoms with E-state index >= 15 is 0 Å². The van der Waals surface area contributed by atoms with Crippen molar-refractivity contribution in [1.82, 2.24) is 0 Å². The number of rotatable bonds is 5. The minimum atomic E-state index is -1.69. The molecular weight excluding hydrogens is 228 g/mol. The van der Waals surface area contributed by atoms with Crippen LogP contribution in [0.15, 0.2) is 23.8 Å². The molecule has 0 aliphatic heterocycles. The zero-order valence-electron chi connectivity index (χ0n) is 12.1. The van der Waals surface area contributed by atoms with Gasteiger partial charge in [0.05, 0.1) is 6.10 Å². The van der Waals surface area contributed by atoms with Gasteiger partial charge >= 0.3 is 0 Å². The summed E-state index contributed by atoms with van der Waals surface area (Å²) in [5.41, 5.74) is 1.66. The summed E-state index contributed by atoms with van der Waals surface area (Å²) in [5, 5.41) is 17.5. The first-order valence-corrected chi connectivity index (χ1v) is 6.62.